The smallest absolute Gasteiger partial charge is 0.137 e. The molecule has 0 radical (unpaired) electrons. The Bertz CT molecular complexity index is 2710. The minimum Gasteiger partial charge on any atom is -0.456 e. The fourth-order valence-corrected chi connectivity index (χ4v) is 7.19. The largest absolute Gasteiger partial charge is 0.456 e. The second-order valence-corrected chi connectivity index (χ2v) is 12.6. The number of hydrogen-bond acceptors (Lipinski definition) is 3. The van der Waals surface area contributed by atoms with Crippen LogP contribution in [0, 0.1) is 0 Å². The lowest BCUT2D eigenvalue weighted by molar-refractivity contribution is 0.669. The monoisotopic (exact) mass is 627 g/mol. The molecule has 10 rings (SSSR count). The van der Waals surface area contributed by atoms with Crippen molar-refractivity contribution in [2.75, 3.05) is 4.90 Å². The zero-order chi connectivity index (χ0) is 32.3. The van der Waals surface area contributed by atoms with Crippen LogP contribution in [0.25, 0.3) is 76.9 Å². The van der Waals surface area contributed by atoms with Gasteiger partial charge >= 0.3 is 0 Å². The number of para-hydroxylation sites is 2. The van der Waals surface area contributed by atoms with E-state index in [-0.39, 0.29) is 0 Å². The maximum absolute atomic E-state index is 6.33. The summed E-state index contributed by atoms with van der Waals surface area (Å²) in [6.45, 7) is 0. The van der Waals surface area contributed by atoms with Gasteiger partial charge < -0.3 is 13.7 Å². The Hall–Kier alpha value is -6.58. The molecule has 0 aliphatic carbocycles. The van der Waals surface area contributed by atoms with Crippen LogP contribution in [0.1, 0.15) is 0 Å². The molecule has 0 bridgehead atoms. The minimum atomic E-state index is 0.858. The molecular weight excluding hydrogens is 599 g/mol. The van der Waals surface area contributed by atoms with Gasteiger partial charge in [-0.1, -0.05) is 103 Å². The summed E-state index contributed by atoms with van der Waals surface area (Å²) in [5.74, 6) is 0. The standard InChI is InChI=1S/C46H29NO2/c1-2-8-30(9-3-1)33-16-14-32-15-17-34(27-35(32)26-33)31-18-20-36(21-19-31)47(37-22-24-41-39-10-4-6-12-43(39)48-45(41)28-37)38-23-25-42-40-11-5-7-13-44(40)49-46(42)29-38/h1-29H. The van der Waals surface area contributed by atoms with E-state index in [1.165, 1.54) is 27.5 Å². The molecule has 49 heavy (non-hydrogen) atoms. The highest BCUT2D eigenvalue weighted by Crippen LogP contribution is 2.41. The summed E-state index contributed by atoms with van der Waals surface area (Å²) in [4.78, 5) is 2.27. The number of fused-ring (bicyclic) bond motifs is 7. The fourth-order valence-electron chi connectivity index (χ4n) is 7.19. The highest BCUT2D eigenvalue weighted by atomic mass is 16.3. The van der Waals surface area contributed by atoms with Crippen LogP contribution < -0.4 is 4.90 Å². The topological polar surface area (TPSA) is 29.5 Å². The first-order valence-corrected chi connectivity index (χ1v) is 16.6. The van der Waals surface area contributed by atoms with Gasteiger partial charge in [-0.2, -0.15) is 0 Å². The maximum atomic E-state index is 6.33. The van der Waals surface area contributed by atoms with Crippen molar-refractivity contribution in [1.29, 1.82) is 0 Å². The molecule has 0 aliphatic heterocycles. The van der Waals surface area contributed by atoms with Crippen molar-refractivity contribution in [2.45, 2.75) is 0 Å². The molecule has 2 heterocycles. The number of nitrogens with zero attached hydrogens (tertiary/aromatic N) is 1. The highest BCUT2D eigenvalue weighted by molar-refractivity contribution is 6.08. The average Bonchev–Trinajstić information content (AvgIpc) is 3.73. The van der Waals surface area contributed by atoms with Crippen molar-refractivity contribution in [2.24, 2.45) is 0 Å². The molecule has 0 atom stereocenters. The SMILES string of the molecule is c1ccc(-c2ccc3ccc(-c4ccc(N(c5ccc6c(c5)oc5ccccc56)c5ccc6c(c5)oc5ccccc56)cc4)cc3c2)cc1. The molecule has 8 aromatic carbocycles. The van der Waals surface area contributed by atoms with E-state index in [1.807, 2.05) is 24.3 Å². The summed E-state index contributed by atoms with van der Waals surface area (Å²) in [5, 5.41) is 6.91. The number of rotatable bonds is 5. The number of anilines is 3. The van der Waals surface area contributed by atoms with Crippen LogP contribution in [0.3, 0.4) is 0 Å². The molecule has 0 unspecified atom stereocenters. The summed E-state index contributed by atoms with van der Waals surface area (Å²) >= 11 is 0. The van der Waals surface area contributed by atoms with Gasteiger partial charge in [0.15, 0.2) is 0 Å². The first-order chi connectivity index (χ1) is 24.2. The van der Waals surface area contributed by atoms with Crippen molar-refractivity contribution in [1.82, 2.24) is 0 Å². The van der Waals surface area contributed by atoms with E-state index in [0.29, 0.717) is 0 Å². The molecule has 0 fully saturated rings. The summed E-state index contributed by atoms with van der Waals surface area (Å²) in [7, 11) is 0. The van der Waals surface area contributed by atoms with Gasteiger partial charge in [-0.3, -0.25) is 0 Å². The van der Waals surface area contributed by atoms with Gasteiger partial charge in [0.1, 0.15) is 22.3 Å². The predicted octanol–water partition coefficient (Wildman–Crippen LogP) is 13.4. The Labute approximate surface area is 282 Å². The van der Waals surface area contributed by atoms with Gasteiger partial charge in [0, 0.05) is 50.7 Å². The molecule has 2 aromatic heterocycles. The van der Waals surface area contributed by atoms with E-state index in [0.717, 1.165) is 66.5 Å². The quantitative estimate of drug-likeness (QED) is 0.190. The van der Waals surface area contributed by atoms with Crippen LogP contribution in [0.2, 0.25) is 0 Å². The third kappa shape index (κ3) is 4.67. The first kappa shape index (κ1) is 27.5. The molecule has 0 saturated heterocycles. The summed E-state index contributed by atoms with van der Waals surface area (Å²) in [5.41, 5.74) is 11.3. The molecule has 3 nitrogen and oxygen atoms in total. The molecule has 0 saturated carbocycles. The summed E-state index contributed by atoms with van der Waals surface area (Å²) in [6.07, 6.45) is 0. The van der Waals surface area contributed by atoms with Gasteiger partial charge in [0.2, 0.25) is 0 Å². The van der Waals surface area contributed by atoms with Crippen LogP contribution in [-0.2, 0) is 0 Å². The van der Waals surface area contributed by atoms with Crippen molar-refractivity contribution in [3.63, 3.8) is 0 Å². The van der Waals surface area contributed by atoms with E-state index in [2.05, 4.69) is 157 Å². The zero-order valence-electron chi connectivity index (χ0n) is 26.5. The zero-order valence-corrected chi connectivity index (χ0v) is 26.5. The summed E-state index contributed by atoms with van der Waals surface area (Å²) < 4.78 is 12.7. The molecule has 10 aromatic rings. The molecule has 230 valence electrons. The van der Waals surface area contributed by atoms with Gasteiger partial charge in [-0.05, 0) is 93.7 Å². The first-order valence-electron chi connectivity index (χ1n) is 16.6. The highest BCUT2D eigenvalue weighted by Gasteiger charge is 2.18. The molecule has 0 aliphatic rings. The fraction of sp³-hybridized carbons (Fsp3) is 0. The molecule has 0 amide bonds. The number of hydrogen-bond donors (Lipinski definition) is 0. The van der Waals surface area contributed by atoms with E-state index in [1.54, 1.807) is 0 Å². The molecular formula is C46H29NO2. The lowest BCUT2D eigenvalue weighted by Gasteiger charge is -2.25. The van der Waals surface area contributed by atoms with Gasteiger partial charge in [0.25, 0.3) is 0 Å². The lowest BCUT2D eigenvalue weighted by Crippen LogP contribution is -2.09. The van der Waals surface area contributed by atoms with Crippen LogP contribution in [0.4, 0.5) is 17.1 Å². The van der Waals surface area contributed by atoms with Crippen LogP contribution in [0.15, 0.2) is 185 Å². The Morgan fingerprint density at radius 2 is 0.735 bits per heavy atom. The average molecular weight is 628 g/mol. The third-order valence-electron chi connectivity index (χ3n) is 9.65. The predicted molar refractivity (Wildman–Crippen MR) is 204 cm³/mol. The maximum Gasteiger partial charge on any atom is 0.137 e. The Balaban J connectivity index is 1.08. The van der Waals surface area contributed by atoms with E-state index in [4.69, 9.17) is 8.83 Å². The normalized spacial score (nSPS) is 11.7. The summed E-state index contributed by atoms with van der Waals surface area (Å²) in [6, 6.07) is 62.2. The van der Waals surface area contributed by atoms with Crippen molar-refractivity contribution < 1.29 is 8.83 Å². The van der Waals surface area contributed by atoms with Crippen LogP contribution >= 0.6 is 0 Å². The Kier molecular flexibility index (Phi) is 6.18. The Morgan fingerprint density at radius 1 is 0.286 bits per heavy atom. The second-order valence-electron chi connectivity index (χ2n) is 12.6. The molecule has 0 spiro atoms. The van der Waals surface area contributed by atoms with Crippen LogP contribution in [0.5, 0.6) is 0 Å². The minimum absolute atomic E-state index is 0.858. The van der Waals surface area contributed by atoms with Crippen molar-refractivity contribution >= 4 is 71.7 Å². The number of furan rings is 2. The van der Waals surface area contributed by atoms with E-state index >= 15 is 0 Å². The van der Waals surface area contributed by atoms with E-state index in [9.17, 15) is 0 Å². The van der Waals surface area contributed by atoms with Crippen molar-refractivity contribution in [3.8, 4) is 22.3 Å². The van der Waals surface area contributed by atoms with Gasteiger partial charge in [0.05, 0.1) is 0 Å². The van der Waals surface area contributed by atoms with E-state index < -0.39 is 0 Å². The van der Waals surface area contributed by atoms with Crippen molar-refractivity contribution in [3.05, 3.63) is 176 Å². The van der Waals surface area contributed by atoms with Gasteiger partial charge in [-0.15, -0.1) is 0 Å². The second kappa shape index (κ2) is 11.0. The molecule has 3 heteroatoms. The number of benzene rings is 8. The molecule has 0 N–H and O–H groups in total. The Morgan fingerprint density at radius 3 is 1.31 bits per heavy atom. The van der Waals surface area contributed by atoms with Crippen LogP contribution in [-0.4, -0.2) is 0 Å². The van der Waals surface area contributed by atoms with Gasteiger partial charge in [-0.25, -0.2) is 0 Å². The lowest BCUT2D eigenvalue weighted by atomic mass is 9.97. The third-order valence-corrected chi connectivity index (χ3v) is 9.65.